The van der Waals surface area contributed by atoms with Crippen LogP contribution in [-0.4, -0.2) is 110 Å². The first-order valence-electron chi connectivity index (χ1n) is 27.7. The van der Waals surface area contributed by atoms with Gasteiger partial charge in [0.15, 0.2) is 5.75 Å². The number of amides is 2. The number of aliphatic hydroxyl groups excluding tert-OH is 1. The zero-order valence-corrected chi connectivity index (χ0v) is 47.6. The molecule has 2 amide bonds. The molecule has 2 unspecified atom stereocenters. The summed E-state index contributed by atoms with van der Waals surface area (Å²) in [7, 11) is 0. The van der Waals surface area contributed by atoms with Crippen molar-refractivity contribution >= 4 is 78.2 Å². The van der Waals surface area contributed by atoms with Crippen LogP contribution in [0.3, 0.4) is 0 Å². The second-order valence-corrected chi connectivity index (χ2v) is 23.9. The Morgan fingerprint density at radius 3 is 2.39 bits per heavy atom. The van der Waals surface area contributed by atoms with E-state index < -0.39 is 24.0 Å². The van der Waals surface area contributed by atoms with Crippen LogP contribution in [0.15, 0.2) is 97.2 Å². The van der Waals surface area contributed by atoms with Crippen molar-refractivity contribution in [3.05, 3.63) is 130 Å². The fraction of sp³-hybridized carbons (Fsp3) is 0.361. The summed E-state index contributed by atoms with van der Waals surface area (Å²) in [5.41, 5.74) is 12.5. The van der Waals surface area contributed by atoms with Crippen molar-refractivity contribution in [2.45, 2.75) is 102 Å². The van der Waals surface area contributed by atoms with Gasteiger partial charge in [-0.25, -0.2) is 9.07 Å². The van der Waals surface area contributed by atoms with Crippen LogP contribution < -0.4 is 30.7 Å². The third-order valence-corrected chi connectivity index (χ3v) is 17.8. The molecule has 7 heterocycles. The second-order valence-electron chi connectivity index (χ2n) is 22.0. The summed E-state index contributed by atoms with van der Waals surface area (Å²) in [5.74, 6) is -0.556. The van der Waals surface area contributed by atoms with Gasteiger partial charge in [0.2, 0.25) is 11.8 Å². The summed E-state index contributed by atoms with van der Waals surface area (Å²) in [6.45, 7) is 8.25. The van der Waals surface area contributed by atoms with Crippen LogP contribution in [0.5, 0.6) is 11.8 Å². The van der Waals surface area contributed by atoms with Gasteiger partial charge >= 0.3 is 6.01 Å². The van der Waals surface area contributed by atoms with Crippen LogP contribution in [-0.2, 0) is 20.9 Å². The first-order valence-corrected chi connectivity index (χ1v) is 29.2. The molecule has 0 saturated carbocycles. The number of carbonyl (C=O) groups excluding carboxylic acids is 2. The molecule has 3 aromatic heterocycles. The summed E-state index contributed by atoms with van der Waals surface area (Å²) in [4.78, 5) is 42.5. The van der Waals surface area contributed by atoms with E-state index in [4.69, 9.17) is 53.1 Å². The Balaban J connectivity index is 0.819. The van der Waals surface area contributed by atoms with Gasteiger partial charge in [0.1, 0.15) is 58.7 Å². The highest BCUT2D eigenvalue weighted by Crippen LogP contribution is 2.50. The zero-order chi connectivity index (χ0) is 56.9. The van der Waals surface area contributed by atoms with E-state index in [-0.39, 0.29) is 87.8 Å². The number of carbonyl (C=O) groups is 2. The van der Waals surface area contributed by atoms with Crippen LogP contribution in [0.1, 0.15) is 81.6 Å². The molecule has 21 heteroatoms. The number of likely N-dealkylation sites (tertiary alicyclic amines) is 1. The average molecular weight is 1170 g/mol. The molecule has 0 aliphatic carbocycles. The Bertz CT molecular complexity index is 3760. The van der Waals surface area contributed by atoms with E-state index in [9.17, 15) is 20.0 Å². The number of thiophene rings is 1. The van der Waals surface area contributed by atoms with Crippen LogP contribution in [0, 0.1) is 23.1 Å². The number of piperazine rings is 1. The van der Waals surface area contributed by atoms with E-state index in [0.717, 1.165) is 46.4 Å². The Morgan fingerprint density at radius 1 is 0.939 bits per heavy atom. The molecule has 4 aliphatic heterocycles. The molecule has 422 valence electrons. The minimum absolute atomic E-state index is 0.00722. The monoisotopic (exact) mass is 1160 g/mol. The Kier molecular flexibility index (Phi) is 15.5. The summed E-state index contributed by atoms with van der Waals surface area (Å²) in [6.07, 6.45) is 4.18. The second kappa shape index (κ2) is 23.1. The minimum atomic E-state index is -0.905. The molecular weight excluding hydrogens is 1100 g/mol. The number of β-amino-alcohol motifs (C(OH)–C–C–N with tert-alkyl or cyclic N) is 1. The number of aliphatic hydroxyl groups is 1. The number of hydrogen-bond acceptors (Lipinski definition) is 15. The number of nitrogen functional groups attached to an aromatic ring is 1. The molecular formula is C61H60Cl2FN11O6S. The third-order valence-electron chi connectivity index (χ3n) is 16.1. The average Bonchev–Trinajstić information content (AvgIpc) is 4.18. The summed E-state index contributed by atoms with van der Waals surface area (Å²) >= 11 is 14.9. The van der Waals surface area contributed by atoms with Crippen LogP contribution >= 0.6 is 34.5 Å². The molecule has 17 nitrogen and oxygen atoms in total. The number of hydrogen-bond donors (Lipinski definition) is 4. The smallest absolute Gasteiger partial charge is 0.319 e. The van der Waals surface area contributed by atoms with Crippen LogP contribution in [0.4, 0.5) is 15.2 Å². The van der Waals surface area contributed by atoms with E-state index in [2.05, 4.69) is 31.9 Å². The molecule has 8 aromatic rings. The van der Waals surface area contributed by atoms with Crippen molar-refractivity contribution in [3.8, 4) is 51.3 Å². The lowest BCUT2D eigenvalue weighted by Crippen LogP contribution is -2.51. The van der Waals surface area contributed by atoms with E-state index in [1.165, 1.54) is 15.6 Å². The maximum Gasteiger partial charge on any atom is 0.319 e. The lowest BCUT2D eigenvalue weighted by molar-refractivity contribution is -0.142. The van der Waals surface area contributed by atoms with Gasteiger partial charge in [-0.1, -0.05) is 115 Å². The number of nitriles is 1. The maximum atomic E-state index is 15.6. The van der Waals surface area contributed by atoms with E-state index in [0.29, 0.717) is 94.4 Å². The number of nitrogens with one attached hydrogen (secondary N) is 2. The molecule has 4 aliphatic rings. The first-order chi connectivity index (χ1) is 39.7. The number of anilines is 2. The van der Waals surface area contributed by atoms with Gasteiger partial charge in [-0.3, -0.25) is 9.59 Å². The number of ether oxygens (including phenoxy) is 3. The molecule has 4 fully saturated rings. The highest BCUT2D eigenvalue weighted by molar-refractivity contribution is 7.23. The van der Waals surface area contributed by atoms with Crippen molar-refractivity contribution in [1.29, 1.82) is 5.26 Å². The third kappa shape index (κ3) is 10.8. The lowest BCUT2D eigenvalue weighted by Gasteiger charge is -2.34. The maximum absolute atomic E-state index is 15.6. The van der Waals surface area contributed by atoms with Crippen molar-refractivity contribution in [2.75, 3.05) is 43.5 Å². The van der Waals surface area contributed by atoms with Gasteiger partial charge in [-0.05, 0) is 66.1 Å². The van der Waals surface area contributed by atoms with Crippen molar-refractivity contribution < 1.29 is 33.3 Å². The number of nitrogens with zero attached hydrogens (tertiary/aromatic N) is 8. The van der Waals surface area contributed by atoms with Crippen molar-refractivity contribution in [1.82, 2.24) is 40.5 Å². The highest BCUT2D eigenvalue weighted by Gasteiger charge is 2.43. The lowest BCUT2D eigenvalue weighted by atomic mass is 9.96. The molecule has 5 aromatic carbocycles. The molecule has 5 N–H and O–H groups in total. The first kappa shape index (κ1) is 55.1. The zero-order valence-electron chi connectivity index (χ0n) is 45.3. The quantitative estimate of drug-likeness (QED) is 0.0751. The van der Waals surface area contributed by atoms with Crippen LogP contribution in [0.2, 0.25) is 10.0 Å². The number of nitrogens with two attached hydrogens (primary N) is 1. The number of halogens is 3. The molecule has 6 atom stereocenters. The molecule has 0 spiro atoms. The molecule has 12 rings (SSSR count). The largest absolute Gasteiger partial charge is 0.486 e. The van der Waals surface area contributed by atoms with E-state index in [1.54, 1.807) is 12.3 Å². The van der Waals surface area contributed by atoms with Gasteiger partial charge in [-0.15, -0.1) is 16.4 Å². The summed E-state index contributed by atoms with van der Waals surface area (Å²) in [6, 6.07) is 28.5. The SMILES string of the molecule is CC(C)[C@@H](C(=O)N1C[C@H](O)C[C@H]1C(=O)N[C@@H](C)c1ccc(-c2ccccc2Cl)cc1)n1cc(-c2ccc(COc3c(-c4ccc(F)c5sc(N)c(C#N)c45)c(Cl)cc4c(N5CC6CCC(C5)N6)nc(OC5CCOCC5)nc34)cc2)nn1. The Labute approximate surface area is 487 Å². The fourth-order valence-electron chi connectivity index (χ4n) is 12.0. The van der Waals surface area contributed by atoms with Gasteiger partial charge in [-0.2, -0.15) is 15.2 Å². The summed E-state index contributed by atoms with van der Waals surface area (Å²) < 4.78 is 36.5. The predicted octanol–water partition coefficient (Wildman–Crippen LogP) is 10.5. The Morgan fingerprint density at radius 2 is 1.67 bits per heavy atom. The molecule has 4 saturated heterocycles. The highest BCUT2D eigenvalue weighted by atomic mass is 35.5. The molecule has 0 radical (unpaired) electrons. The normalized spacial score (nSPS) is 19.9. The summed E-state index contributed by atoms with van der Waals surface area (Å²) in [5, 5.41) is 39.1. The van der Waals surface area contributed by atoms with Gasteiger partial charge in [0.05, 0.1) is 46.8 Å². The van der Waals surface area contributed by atoms with Gasteiger partial charge in [0, 0.05) is 83.5 Å². The number of rotatable bonds is 15. The van der Waals surface area contributed by atoms with Crippen molar-refractivity contribution in [2.24, 2.45) is 5.92 Å². The van der Waals surface area contributed by atoms with Gasteiger partial charge in [0.25, 0.3) is 0 Å². The predicted molar refractivity (Wildman–Crippen MR) is 314 cm³/mol. The minimum Gasteiger partial charge on any atom is -0.486 e. The number of aromatic nitrogens is 5. The topological polar surface area (TPSA) is 219 Å². The van der Waals surface area contributed by atoms with Gasteiger partial charge < -0.3 is 45.5 Å². The molecule has 82 heavy (non-hydrogen) atoms. The van der Waals surface area contributed by atoms with E-state index in [1.807, 2.05) is 99.6 Å². The number of fused-ring (bicyclic) bond motifs is 4. The van der Waals surface area contributed by atoms with Crippen molar-refractivity contribution in [3.63, 3.8) is 0 Å². The van der Waals surface area contributed by atoms with Crippen LogP contribution in [0.25, 0.3) is 54.5 Å². The Hall–Kier alpha value is -7.44. The standard InChI is InChI=1S/C61H60Cl2FN11O6S/c1-32(2)54(60(78)74-29-40(76)24-50(74)59(77)67-33(3)35-12-14-36(15-13-35)42-6-4-5-7-46(42)62)75-30-49(71-72-75)37-10-8-34(9-11-37)31-80-55-52(43-18-19-48(64)56-51(43)45(26-65)57(66)82-56)47(63)25-44-53(55)69-61(81-41-20-22-79-23-21-41)70-58(44)73-27-38-16-17-39(28-73)68-38/h4-15,18-19,25,30,32-33,38-41,50,54,68,76H,16-17,20-24,27-29,31,66H2,1-3H3,(H,67,77)/t33-,38?,39?,40+,50-,54-/m0/s1. The molecule has 2 bridgehead atoms. The fourth-order valence-corrected chi connectivity index (χ4v) is 13.5. The van der Waals surface area contributed by atoms with E-state index >= 15 is 4.39 Å². The number of benzene rings is 5.